The number of imidazole rings is 1. The second-order valence-corrected chi connectivity index (χ2v) is 1.82. The highest BCUT2D eigenvalue weighted by molar-refractivity contribution is 5.81. The smallest absolute Gasteiger partial charge is 0.410 e. The van der Waals surface area contributed by atoms with E-state index >= 15 is 0 Å². The molecule has 2 N–H and O–H groups in total. The van der Waals surface area contributed by atoms with Crippen LogP contribution in [-0.4, -0.2) is 20.8 Å². The summed E-state index contributed by atoms with van der Waals surface area (Å²) >= 11 is 0. The molecule has 0 aliphatic heterocycles. The third-order valence-corrected chi connectivity index (χ3v) is 1.05. The van der Waals surface area contributed by atoms with Crippen molar-refractivity contribution in [2.45, 2.75) is 0 Å². The van der Waals surface area contributed by atoms with Crippen LogP contribution < -0.4 is 5.32 Å². The SMILES string of the molecule is Cn1cncc1NC(=O)O. The number of nitrogens with zero attached hydrogens (tertiary/aromatic N) is 2. The number of hydrogen-bond acceptors (Lipinski definition) is 2. The van der Waals surface area contributed by atoms with Crippen LogP contribution in [0.2, 0.25) is 0 Å². The topological polar surface area (TPSA) is 67.2 Å². The highest BCUT2D eigenvalue weighted by Crippen LogP contribution is 2.01. The molecule has 0 atom stereocenters. The van der Waals surface area contributed by atoms with E-state index in [1.54, 1.807) is 11.6 Å². The normalized spacial score (nSPS) is 9.30. The lowest BCUT2D eigenvalue weighted by molar-refractivity contribution is 0.209. The molecule has 0 fully saturated rings. The summed E-state index contributed by atoms with van der Waals surface area (Å²) in [5.74, 6) is 0.465. The summed E-state index contributed by atoms with van der Waals surface area (Å²) in [7, 11) is 1.71. The van der Waals surface area contributed by atoms with Crippen molar-refractivity contribution in [3.63, 3.8) is 0 Å². The monoisotopic (exact) mass is 141 g/mol. The molecule has 1 heterocycles. The van der Waals surface area contributed by atoms with Crippen molar-refractivity contribution in [2.75, 3.05) is 5.32 Å². The van der Waals surface area contributed by atoms with Crippen molar-refractivity contribution in [2.24, 2.45) is 7.05 Å². The standard InChI is InChI=1S/C5H7N3O2/c1-8-3-6-2-4(8)7-5(9)10/h2-3,7H,1H3,(H,9,10). The summed E-state index contributed by atoms with van der Waals surface area (Å²) in [6.45, 7) is 0. The zero-order valence-electron chi connectivity index (χ0n) is 5.40. The van der Waals surface area contributed by atoms with E-state index in [0.29, 0.717) is 5.82 Å². The average Bonchev–Trinajstić information content (AvgIpc) is 2.15. The highest BCUT2D eigenvalue weighted by Gasteiger charge is 1.99. The molecule has 0 spiro atoms. The van der Waals surface area contributed by atoms with E-state index in [9.17, 15) is 4.79 Å². The first-order valence-corrected chi connectivity index (χ1v) is 2.66. The first kappa shape index (κ1) is 6.60. The Hall–Kier alpha value is -1.52. The Morgan fingerprint density at radius 3 is 3.00 bits per heavy atom. The van der Waals surface area contributed by atoms with Gasteiger partial charge in [-0.15, -0.1) is 0 Å². The van der Waals surface area contributed by atoms with E-state index in [2.05, 4.69) is 10.3 Å². The molecule has 0 radical (unpaired) electrons. The molecule has 1 aromatic heterocycles. The van der Waals surface area contributed by atoms with Gasteiger partial charge in [-0.2, -0.15) is 0 Å². The third kappa shape index (κ3) is 1.25. The number of nitrogens with one attached hydrogen (secondary N) is 1. The van der Waals surface area contributed by atoms with Gasteiger partial charge in [-0.3, -0.25) is 5.32 Å². The van der Waals surface area contributed by atoms with Gasteiger partial charge < -0.3 is 9.67 Å². The van der Waals surface area contributed by atoms with Crippen LogP contribution in [0.4, 0.5) is 10.6 Å². The summed E-state index contributed by atoms with van der Waals surface area (Å²) in [5.41, 5.74) is 0. The van der Waals surface area contributed by atoms with E-state index in [1.807, 2.05) is 0 Å². The molecule has 1 aromatic rings. The number of hydrogen-bond donors (Lipinski definition) is 2. The molecule has 0 unspecified atom stereocenters. The lowest BCUT2D eigenvalue weighted by Crippen LogP contribution is -2.09. The molecule has 0 aromatic carbocycles. The lowest BCUT2D eigenvalue weighted by atomic mass is 10.7. The number of aryl methyl sites for hydroxylation is 1. The largest absolute Gasteiger partial charge is 0.465 e. The number of aromatic nitrogens is 2. The van der Waals surface area contributed by atoms with Crippen LogP contribution >= 0.6 is 0 Å². The van der Waals surface area contributed by atoms with Crippen LogP contribution in [-0.2, 0) is 7.05 Å². The molecular formula is C5H7N3O2. The second kappa shape index (κ2) is 2.38. The minimum atomic E-state index is -1.08. The van der Waals surface area contributed by atoms with E-state index in [-0.39, 0.29) is 0 Å². The molecular weight excluding hydrogens is 134 g/mol. The molecule has 1 amide bonds. The zero-order chi connectivity index (χ0) is 7.56. The lowest BCUT2D eigenvalue weighted by Gasteiger charge is -1.98. The third-order valence-electron chi connectivity index (χ3n) is 1.05. The van der Waals surface area contributed by atoms with Crippen LogP contribution in [0.3, 0.4) is 0 Å². The summed E-state index contributed by atoms with van der Waals surface area (Å²) < 4.78 is 1.58. The maximum Gasteiger partial charge on any atom is 0.410 e. The van der Waals surface area contributed by atoms with Crippen LogP contribution in [0.15, 0.2) is 12.5 Å². The molecule has 0 aliphatic rings. The van der Waals surface area contributed by atoms with Gasteiger partial charge in [0.25, 0.3) is 0 Å². The number of rotatable bonds is 1. The van der Waals surface area contributed by atoms with Crippen molar-refractivity contribution >= 4 is 11.9 Å². The zero-order valence-corrected chi connectivity index (χ0v) is 5.40. The fourth-order valence-corrected chi connectivity index (χ4v) is 0.587. The molecule has 54 valence electrons. The van der Waals surface area contributed by atoms with Gasteiger partial charge in [-0.05, 0) is 0 Å². The predicted molar refractivity (Wildman–Crippen MR) is 34.9 cm³/mol. The van der Waals surface area contributed by atoms with Crippen molar-refractivity contribution in [1.82, 2.24) is 9.55 Å². The average molecular weight is 141 g/mol. The van der Waals surface area contributed by atoms with Crippen molar-refractivity contribution in [3.8, 4) is 0 Å². The maximum absolute atomic E-state index is 10.1. The molecule has 5 heteroatoms. The molecule has 0 bridgehead atoms. The minimum Gasteiger partial charge on any atom is -0.465 e. The Kier molecular flexibility index (Phi) is 1.57. The summed E-state index contributed by atoms with van der Waals surface area (Å²) in [6.07, 6.45) is 1.88. The van der Waals surface area contributed by atoms with E-state index in [1.165, 1.54) is 12.5 Å². The van der Waals surface area contributed by atoms with Crippen LogP contribution in [0.5, 0.6) is 0 Å². The molecule has 5 nitrogen and oxygen atoms in total. The minimum absolute atomic E-state index is 0.465. The Labute approximate surface area is 57.3 Å². The number of amides is 1. The van der Waals surface area contributed by atoms with Gasteiger partial charge in [0.1, 0.15) is 5.82 Å². The first-order valence-electron chi connectivity index (χ1n) is 2.66. The predicted octanol–water partition coefficient (Wildman–Crippen LogP) is 0.510. The highest BCUT2D eigenvalue weighted by atomic mass is 16.4. The Morgan fingerprint density at radius 2 is 2.60 bits per heavy atom. The summed E-state index contributed by atoms with van der Waals surface area (Å²) in [6, 6.07) is 0. The second-order valence-electron chi connectivity index (χ2n) is 1.82. The van der Waals surface area contributed by atoms with Gasteiger partial charge in [0.2, 0.25) is 0 Å². The van der Waals surface area contributed by atoms with Gasteiger partial charge >= 0.3 is 6.09 Å². The van der Waals surface area contributed by atoms with E-state index in [0.717, 1.165) is 0 Å². The van der Waals surface area contributed by atoms with Crippen molar-refractivity contribution in [1.29, 1.82) is 0 Å². The Balaban J connectivity index is 2.74. The number of anilines is 1. The molecule has 10 heavy (non-hydrogen) atoms. The van der Waals surface area contributed by atoms with Crippen LogP contribution in [0.1, 0.15) is 0 Å². The number of carbonyl (C=O) groups is 1. The van der Waals surface area contributed by atoms with E-state index in [4.69, 9.17) is 5.11 Å². The summed E-state index contributed by atoms with van der Waals surface area (Å²) in [5, 5.41) is 10.4. The van der Waals surface area contributed by atoms with Crippen molar-refractivity contribution in [3.05, 3.63) is 12.5 Å². The maximum atomic E-state index is 10.1. The summed E-state index contributed by atoms with van der Waals surface area (Å²) in [4.78, 5) is 13.8. The molecule has 0 saturated heterocycles. The van der Waals surface area contributed by atoms with Crippen LogP contribution in [0.25, 0.3) is 0 Å². The van der Waals surface area contributed by atoms with Gasteiger partial charge in [-0.1, -0.05) is 0 Å². The fourth-order valence-electron chi connectivity index (χ4n) is 0.587. The van der Waals surface area contributed by atoms with Crippen molar-refractivity contribution < 1.29 is 9.90 Å². The molecule has 1 rings (SSSR count). The van der Waals surface area contributed by atoms with Gasteiger partial charge in [0, 0.05) is 7.05 Å². The quantitative estimate of drug-likeness (QED) is 0.598. The molecule has 0 saturated carbocycles. The van der Waals surface area contributed by atoms with E-state index < -0.39 is 6.09 Å². The van der Waals surface area contributed by atoms with Gasteiger partial charge in [0.05, 0.1) is 12.5 Å². The van der Waals surface area contributed by atoms with Gasteiger partial charge in [0.15, 0.2) is 0 Å². The molecule has 0 aliphatic carbocycles. The van der Waals surface area contributed by atoms with Gasteiger partial charge in [-0.25, -0.2) is 9.78 Å². The number of carboxylic acid groups (broad SMARTS) is 1. The fraction of sp³-hybridized carbons (Fsp3) is 0.200. The Bertz CT molecular complexity index is 243. The first-order chi connectivity index (χ1) is 4.70. The van der Waals surface area contributed by atoms with Crippen LogP contribution in [0, 0.1) is 0 Å². The Morgan fingerprint density at radius 1 is 1.90 bits per heavy atom.